The van der Waals surface area contributed by atoms with Crippen molar-refractivity contribution >= 4 is 28.7 Å². The molecule has 0 spiro atoms. The maximum absolute atomic E-state index is 16.5. The molecular formula is C29H34FN5O5. The summed E-state index contributed by atoms with van der Waals surface area (Å²) >= 11 is 0. The van der Waals surface area contributed by atoms with Gasteiger partial charge in [-0.1, -0.05) is 19.9 Å². The minimum atomic E-state index is -1.22. The van der Waals surface area contributed by atoms with Gasteiger partial charge in [-0.3, -0.25) is 0 Å². The molecule has 0 aliphatic carbocycles. The van der Waals surface area contributed by atoms with Crippen molar-refractivity contribution in [3.8, 4) is 17.0 Å². The summed E-state index contributed by atoms with van der Waals surface area (Å²) in [7, 11) is 1.50. The van der Waals surface area contributed by atoms with Crippen LogP contribution in [-0.4, -0.2) is 67.2 Å². The number of piperidine rings is 1. The van der Waals surface area contributed by atoms with E-state index in [0.29, 0.717) is 59.7 Å². The van der Waals surface area contributed by atoms with Gasteiger partial charge in [0.05, 0.1) is 18.3 Å². The van der Waals surface area contributed by atoms with Crippen molar-refractivity contribution in [1.29, 1.82) is 0 Å². The van der Waals surface area contributed by atoms with Gasteiger partial charge in [-0.25, -0.2) is 28.0 Å². The van der Waals surface area contributed by atoms with Crippen LogP contribution in [0, 0.1) is 5.82 Å². The summed E-state index contributed by atoms with van der Waals surface area (Å²) in [5, 5.41) is 14.8. The van der Waals surface area contributed by atoms with Crippen LogP contribution in [0.15, 0.2) is 30.7 Å². The van der Waals surface area contributed by atoms with E-state index >= 15 is 4.39 Å². The van der Waals surface area contributed by atoms with Crippen LogP contribution in [0.3, 0.4) is 0 Å². The van der Waals surface area contributed by atoms with Gasteiger partial charge in [0.2, 0.25) is 0 Å². The number of pyridine rings is 1. The van der Waals surface area contributed by atoms with Gasteiger partial charge in [-0.2, -0.15) is 5.10 Å². The van der Waals surface area contributed by atoms with E-state index in [1.807, 2.05) is 34.6 Å². The number of rotatable bonds is 4. The fourth-order valence-electron chi connectivity index (χ4n) is 5.62. The number of nitrogens with zero attached hydrogens (tertiary/aromatic N) is 5. The standard InChI is InChI=1S/C29H34FN5O5/c1-16(2)22-23-20(35(27(36)37)25(22)18-13-21(39-6)26-31-15-32-34(26)14-18)8-7-19(24(23)30)17-9-11-33(12-10-17)28(38)40-29(3,4)5/h7-8,13-17H,9-12H2,1-6H3,(H,36,37). The highest BCUT2D eigenvalue weighted by atomic mass is 19.1. The summed E-state index contributed by atoms with van der Waals surface area (Å²) in [4.78, 5) is 31.0. The van der Waals surface area contributed by atoms with E-state index in [-0.39, 0.29) is 28.8 Å². The third-order valence-electron chi connectivity index (χ3n) is 7.33. The van der Waals surface area contributed by atoms with Gasteiger partial charge in [0.15, 0.2) is 11.4 Å². The summed E-state index contributed by atoms with van der Waals surface area (Å²) in [5.41, 5.74) is 2.17. The van der Waals surface area contributed by atoms with E-state index in [4.69, 9.17) is 9.47 Å². The van der Waals surface area contributed by atoms with Crippen molar-refractivity contribution in [3.63, 3.8) is 0 Å². The molecule has 1 aromatic carbocycles. The topological polar surface area (TPSA) is 111 Å². The second-order valence-corrected chi connectivity index (χ2v) is 11.5. The predicted octanol–water partition coefficient (Wildman–Crippen LogP) is 6.26. The normalized spacial score (nSPS) is 14.8. The second kappa shape index (κ2) is 10.1. The molecule has 11 heteroatoms. The van der Waals surface area contributed by atoms with Crippen LogP contribution >= 0.6 is 0 Å². The molecule has 3 aromatic heterocycles. The van der Waals surface area contributed by atoms with E-state index in [1.165, 1.54) is 18.0 Å². The van der Waals surface area contributed by atoms with Crippen LogP contribution in [0.1, 0.15) is 70.4 Å². The number of carbonyl (C=O) groups is 2. The number of aromatic nitrogens is 4. The van der Waals surface area contributed by atoms with Crippen molar-refractivity contribution in [1.82, 2.24) is 24.1 Å². The van der Waals surface area contributed by atoms with Crippen molar-refractivity contribution in [2.45, 2.75) is 64.9 Å². The van der Waals surface area contributed by atoms with Crippen LogP contribution in [0.25, 0.3) is 27.8 Å². The Bertz CT molecular complexity index is 1610. The van der Waals surface area contributed by atoms with E-state index in [0.717, 1.165) is 4.57 Å². The molecule has 0 atom stereocenters. The van der Waals surface area contributed by atoms with Crippen LogP contribution in [-0.2, 0) is 4.74 Å². The fourth-order valence-corrected chi connectivity index (χ4v) is 5.62. The molecule has 0 saturated carbocycles. The van der Waals surface area contributed by atoms with Crippen LogP contribution in [0.5, 0.6) is 5.75 Å². The number of hydrogen-bond donors (Lipinski definition) is 1. The first-order chi connectivity index (χ1) is 18.9. The summed E-state index contributed by atoms with van der Waals surface area (Å²) in [5.74, 6) is -0.322. The number of halogens is 1. The minimum Gasteiger partial charge on any atom is -0.493 e. The molecule has 1 amide bonds. The van der Waals surface area contributed by atoms with E-state index < -0.39 is 17.5 Å². The molecule has 10 nitrogen and oxygen atoms in total. The lowest BCUT2D eigenvalue weighted by atomic mass is 9.87. The summed E-state index contributed by atoms with van der Waals surface area (Å²) in [6.45, 7) is 10.2. The number of benzene rings is 1. The quantitative estimate of drug-likeness (QED) is 0.319. The Kier molecular flexibility index (Phi) is 6.93. The maximum Gasteiger partial charge on any atom is 0.416 e. The third kappa shape index (κ3) is 4.73. The van der Waals surface area contributed by atoms with E-state index in [9.17, 15) is 14.7 Å². The predicted molar refractivity (Wildman–Crippen MR) is 148 cm³/mol. The maximum atomic E-state index is 16.5. The van der Waals surface area contributed by atoms with E-state index in [2.05, 4.69) is 10.1 Å². The molecule has 0 radical (unpaired) electrons. The van der Waals surface area contributed by atoms with Crippen molar-refractivity contribution in [2.24, 2.45) is 0 Å². The molecule has 212 valence electrons. The van der Waals surface area contributed by atoms with Gasteiger partial charge in [0, 0.05) is 30.2 Å². The van der Waals surface area contributed by atoms with Crippen LogP contribution in [0.2, 0.25) is 0 Å². The molecule has 4 aromatic rings. The lowest BCUT2D eigenvalue weighted by molar-refractivity contribution is 0.0204. The lowest BCUT2D eigenvalue weighted by Crippen LogP contribution is -2.41. The fraction of sp³-hybridized carbons (Fsp3) is 0.448. The molecule has 1 saturated heterocycles. The van der Waals surface area contributed by atoms with Crippen LogP contribution < -0.4 is 4.74 Å². The first-order valence-corrected chi connectivity index (χ1v) is 13.4. The largest absolute Gasteiger partial charge is 0.493 e. The molecule has 1 fully saturated rings. The van der Waals surface area contributed by atoms with E-state index in [1.54, 1.807) is 29.3 Å². The molecule has 1 N–H and O–H groups in total. The number of amides is 1. The average molecular weight is 552 g/mol. The zero-order valence-corrected chi connectivity index (χ0v) is 23.6. The Labute approximate surface area is 231 Å². The Morgan fingerprint density at radius 3 is 2.48 bits per heavy atom. The Morgan fingerprint density at radius 1 is 1.18 bits per heavy atom. The van der Waals surface area contributed by atoms with Gasteiger partial charge in [-0.05, 0) is 68.7 Å². The van der Waals surface area contributed by atoms with Gasteiger partial charge in [0.25, 0.3) is 0 Å². The van der Waals surface area contributed by atoms with Crippen molar-refractivity contribution in [2.75, 3.05) is 20.2 Å². The molecular weight excluding hydrogens is 517 g/mol. The number of fused-ring (bicyclic) bond motifs is 2. The monoisotopic (exact) mass is 551 g/mol. The Hall–Kier alpha value is -4.15. The Morgan fingerprint density at radius 2 is 1.88 bits per heavy atom. The highest BCUT2D eigenvalue weighted by Gasteiger charge is 2.32. The van der Waals surface area contributed by atoms with Crippen LogP contribution in [0.4, 0.5) is 14.0 Å². The van der Waals surface area contributed by atoms with Gasteiger partial charge in [-0.15, -0.1) is 0 Å². The summed E-state index contributed by atoms with van der Waals surface area (Å²) in [6.07, 6.45) is 2.62. The van der Waals surface area contributed by atoms with Gasteiger partial charge < -0.3 is 19.5 Å². The highest BCUT2D eigenvalue weighted by molar-refractivity contribution is 6.00. The molecule has 1 aliphatic rings. The highest BCUT2D eigenvalue weighted by Crippen LogP contribution is 2.43. The number of carboxylic acid groups (broad SMARTS) is 1. The zero-order valence-electron chi connectivity index (χ0n) is 23.6. The molecule has 5 rings (SSSR count). The zero-order chi connectivity index (χ0) is 28.9. The third-order valence-corrected chi connectivity index (χ3v) is 7.33. The number of hydrogen-bond acceptors (Lipinski definition) is 6. The number of likely N-dealkylation sites (tertiary alicyclic amines) is 1. The summed E-state index contributed by atoms with van der Waals surface area (Å²) in [6, 6.07) is 5.07. The molecule has 40 heavy (non-hydrogen) atoms. The molecule has 4 heterocycles. The minimum absolute atomic E-state index is 0.119. The first-order valence-electron chi connectivity index (χ1n) is 13.4. The summed E-state index contributed by atoms with van der Waals surface area (Å²) < 4.78 is 30.2. The average Bonchev–Trinajstić information content (AvgIpc) is 3.50. The lowest BCUT2D eigenvalue weighted by Gasteiger charge is -2.33. The van der Waals surface area contributed by atoms with Crippen molar-refractivity contribution in [3.05, 3.63) is 47.7 Å². The molecule has 0 bridgehead atoms. The smallest absolute Gasteiger partial charge is 0.416 e. The SMILES string of the molecule is COc1cc(-c2c(C(C)C)c3c(F)c(C4CCN(C(=O)OC(C)(C)C)CC4)ccc3n2C(=O)O)cn2ncnc12. The molecule has 0 unspecified atom stereocenters. The molecule has 1 aliphatic heterocycles. The second-order valence-electron chi connectivity index (χ2n) is 11.5. The first kappa shape index (κ1) is 27.4. The van der Waals surface area contributed by atoms with Gasteiger partial charge >= 0.3 is 12.2 Å². The number of methoxy groups -OCH3 is 1. The van der Waals surface area contributed by atoms with Gasteiger partial charge in [0.1, 0.15) is 17.7 Å². The number of carbonyl (C=O) groups excluding carboxylic acids is 1. The Balaban J connectivity index is 1.61. The van der Waals surface area contributed by atoms with Crippen molar-refractivity contribution < 1.29 is 28.6 Å². The number of ether oxygens (including phenoxy) is 2.